The number of carbonyl (C=O) groups is 1. The van der Waals surface area contributed by atoms with E-state index in [9.17, 15) is 4.79 Å². The molecule has 0 saturated carbocycles. The zero-order valence-electron chi connectivity index (χ0n) is 12.3. The van der Waals surface area contributed by atoms with Gasteiger partial charge in [-0.05, 0) is 38.8 Å². The summed E-state index contributed by atoms with van der Waals surface area (Å²) in [6, 6.07) is 3.70. The molecule has 2 atom stereocenters. The number of hydrogen-bond acceptors (Lipinski definition) is 4. The van der Waals surface area contributed by atoms with E-state index in [1.165, 1.54) is 0 Å². The van der Waals surface area contributed by atoms with Gasteiger partial charge in [-0.15, -0.1) is 0 Å². The van der Waals surface area contributed by atoms with Crippen molar-refractivity contribution in [2.24, 2.45) is 5.92 Å². The Labute approximate surface area is 120 Å². The Balaban J connectivity index is 1.95. The first-order valence-electron chi connectivity index (χ1n) is 7.19. The monoisotopic (exact) mass is 277 g/mol. The first kappa shape index (κ1) is 14.8. The van der Waals surface area contributed by atoms with Crippen LogP contribution in [-0.4, -0.2) is 29.6 Å². The lowest BCUT2D eigenvalue weighted by atomic mass is 10.0. The van der Waals surface area contributed by atoms with Crippen molar-refractivity contribution < 1.29 is 9.53 Å². The van der Waals surface area contributed by atoms with Crippen LogP contribution in [0.25, 0.3) is 0 Å². The van der Waals surface area contributed by atoms with Crippen molar-refractivity contribution in [3.63, 3.8) is 0 Å². The molecule has 1 aromatic heterocycles. The number of carbonyl (C=O) groups excluding carboxylic acids is 1. The average molecular weight is 277 g/mol. The second-order valence-corrected chi connectivity index (χ2v) is 5.55. The second-order valence-electron chi connectivity index (χ2n) is 5.55. The fourth-order valence-corrected chi connectivity index (χ4v) is 2.37. The number of hydrogen-bond donors (Lipinski definition) is 2. The summed E-state index contributed by atoms with van der Waals surface area (Å²) < 4.78 is 5.65. The minimum atomic E-state index is -0.0823. The lowest BCUT2D eigenvalue weighted by molar-refractivity contribution is -0.123. The molecule has 1 amide bonds. The molecule has 1 aliphatic rings. The Hall–Kier alpha value is -1.62. The minimum Gasteiger partial charge on any atom is -0.475 e. The molecule has 5 nitrogen and oxygen atoms in total. The van der Waals surface area contributed by atoms with E-state index in [0.717, 1.165) is 18.5 Å². The number of pyridine rings is 1. The Morgan fingerprint density at radius 2 is 2.40 bits per heavy atom. The maximum atomic E-state index is 12.1. The molecule has 2 N–H and O–H groups in total. The van der Waals surface area contributed by atoms with Crippen LogP contribution in [0.1, 0.15) is 32.8 Å². The first-order chi connectivity index (χ1) is 9.58. The molecule has 0 spiro atoms. The van der Waals surface area contributed by atoms with Crippen molar-refractivity contribution in [3.8, 4) is 5.88 Å². The van der Waals surface area contributed by atoms with Gasteiger partial charge in [0.2, 0.25) is 11.8 Å². The summed E-state index contributed by atoms with van der Waals surface area (Å²) in [5.74, 6) is 1.03. The lowest BCUT2D eigenvalue weighted by Crippen LogP contribution is -2.43. The molecule has 0 aliphatic carbocycles. The molecule has 1 aliphatic heterocycles. The summed E-state index contributed by atoms with van der Waals surface area (Å²) in [5, 5.41) is 6.19. The molecule has 1 fully saturated rings. The van der Waals surface area contributed by atoms with Crippen molar-refractivity contribution in [3.05, 3.63) is 23.9 Å². The minimum absolute atomic E-state index is 0.0503. The van der Waals surface area contributed by atoms with E-state index < -0.39 is 0 Å². The van der Waals surface area contributed by atoms with Crippen LogP contribution < -0.4 is 15.4 Å². The van der Waals surface area contributed by atoms with E-state index in [4.69, 9.17) is 4.74 Å². The van der Waals surface area contributed by atoms with E-state index in [2.05, 4.69) is 22.5 Å². The summed E-state index contributed by atoms with van der Waals surface area (Å²) in [6.07, 6.45) is 2.81. The van der Waals surface area contributed by atoms with Crippen LogP contribution in [0.15, 0.2) is 18.3 Å². The fraction of sp³-hybridized carbons (Fsp3) is 0.600. The third-order valence-electron chi connectivity index (χ3n) is 3.47. The number of rotatable bonds is 5. The second kappa shape index (κ2) is 6.70. The summed E-state index contributed by atoms with van der Waals surface area (Å²) in [6.45, 7) is 7.37. The predicted molar refractivity (Wildman–Crippen MR) is 77.4 cm³/mol. The van der Waals surface area contributed by atoms with E-state index >= 15 is 0 Å². The number of ether oxygens (including phenoxy) is 1. The van der Waals surface area contributed by atoms with Crippen LogP contribution in [0.2, 0.25) is 0 Å². The molecule has 5 heteroatoms. The highest BCUT2D eigenvalue weighted by molar-refractivity contribution is 5.82. The maximum absolute atomic E-state index is 12.1. The number of aromatic nitrogens is 1. The topological polar surface area (TPSA) is 63.2 Å². The molecule has 20 heavy (non-hydrogen) atoms. The van der Waals surface area contributed by atoms with Gasteiger partial charge in [0.05, 0.1) is 12.1 Å². The van der Waals surface area contributed by atoms with E-state index in [-0.39, 0.29) is 18.1 Å². The average Bonchev–Trinajstić information content (AvgIpc) is 2.83. The van der Waals surface area contributed by atoms with Crippen LogP contribution >= 0.6 is 0 Å². The first-order valence-corrected chi connectivity index (χ1v) is 7.19. The van der Waals surface area contributed by atoms with Gasteiger partial charge in [0.1, 0.15) is 0 Å². The van der Waals surface area contributed by atoms with Crippen LogP contribution in [0, 0.1) is 5.92 Å². The third-order valence-corrected chi connectivity index (χ3v) is 3.47. The smallest absolute Gasteiger partial charge is 0.237 e. The van der Waals surface area contributed by atoms with Gasteiger partial charge in [0.15, 0.2) is 0 Å². The molecule has 2 heterocycles. The van der Waals surface area contributed by atoms with Crippen LogP contribution in [-0.2, 0) is 11.3 Å². The van der Waals surface area contributed by atoms with Gasteiger partial charge in [-0.25, -0.2) is 4.98 Å². The normalized spacial score (nSPS) is 22.0. The van der Waals surface area contributed by atoms with Gasteiger partial charge >= 0.3 is 0 Å². The fourth-order valence-electron chi connectivity index (χ4n) is 2.37. The van der Waals surface area contributed by atoms with E-state index in [1.54, 1.807) is 6.20 Å². The molecule has 0 radical (unpaired) electrons. The quantitative estimate of drug-likeness (QED) is 0.856. The Morgan fingerprint density at radius 1 is 1.60 bits per heavy atom. The molecular formula is C15H23N3O2. The van der Waals surface area contributed by atoms with Crippen molar-refractivity contribution in [2.75, 3.05) is 6.54 Å². The van der Waals surface area contributed by atoms with E-state index in [1.807, 2.05) is 26.0 Å². The SMILES string of the molecule is CC(C)Oc1ncccc1CNC(=O)C1NCCC1C. The lowest BCUT2D eigenvalue weighted by Gasteiger charge is -2.17. The van der Waals surface area contributed by atoms with Gasteiger partial charge in [0.25, 0.3) is 0 Å². The van der Waals surface area contributed by atoms with Gasteiger partial charge < -0.3 is 15.4 Å². The summed E-state index contributed by atoms with van der Waals surface area (Å²) in [7, 11) is 0. The number of nitrogens with zero attached hydrogens (tertiary/aromatic N) is 1. The molecule has 1 aromatic rings. The molecular weight excluding hydrogens is 254 g/mol. The Bertz CT molecular complexity index is 462. The zero-order valence-corrected chi connectivity index (χ0v) is 12.3. The number of amides is 1. The standard InChI is InChI=1S/C15H23N3O2/c1-10(2)20-15-12(5-4-7-17-15)9-18-14(19)13-11(3)6-8-16-13/h4-5,7,10-11,13,16H,6,8-9H2,1-3H3,(H,18,19). The van der Waals surface area contributed by atoms with Gasteiger partial charge in [-0.2, -0.15) is 0 Å². The molecule has 110 valence electrons. The summed E-state index contributed by atoms with van der Waals surface area (Å²) in [4.78, 5) is 16.3. The highest BCUT2D eigenvalue weighted by Crippen LogP contribution is 2.17. The Kier molecular flexibility index (Phi) is 4.95. The largest absolute Gasteiger partial charge is 0.475 e. The highest BCUT2D eigenvalue weighted by Gasteiger charge is 2.29. The third kappa shape index (κ3) is 3.70. The summed E-state index contributed by atoms with van der Waals surface area (Å²) in [5.41, 5.74) is 0.903. The molecule has 0 bridgehead atoms. The van der Waals surface area contributed by atoms with Crippen molar-refractivity contribution in [2.45, 2.75) is 45.9 Å². The van der Waals surface area contributed by atoms with Gasteiger partial charge in [-0.1, -0.05) is 13.0 Å². The number of nitrogens with one attached hydrogen (secondary N) is 2. The van der Waals surface area contributed by atoms with Crippen LogP contribution in [0.3, 0.4) is 0 Å². The highest BCUT2D eigenvalue weighted by atomic mass is 16.5. The van der Waals surface area contributed by atoms with Crippen LogP contribution in [0.4, 0.5) is 0 Å². The van der Waals surface area contributed by atoms with Crippen molar-refractivity contribution in [1.82, 2.24) is 15.6 Å². The molecule has 1 saturated heterocycles. The Morgan fingerprint density at radius 3 is 3.05 bits per heavy atom. The predicted octanol–water partition coefficient (Wildman–Crippen LogP) is 1.48. The van der Waals surface area contributed by atoms with Gasteiger partial charge in [0, 0.05) is 18.3 Å². The molecule has 2 unspecified atom stereocenters. The summed E-state index contributed by atoms with van der Waals surface area (Å²) >= 11 is 0. The molecule has 0 aromatic carbocycles. The van der Waals surface area contributed by atoms with Gasteiger partial charge in [-0.3, -0.25) is 4.79 Å². The van der Waals surface area contributed by atoms with Crippen molar-refractivity contribution >= 4 is 5.91 Å². The van der Waals surface area contributed by atoms with Crippen molar-refractivity contribution in [1.29, 1.82) is 0 Å². The van der Waals surface area contributed by atoms with Crippen LogP contribution in [0.5, 0.6) is 5.88 Å². The van der Waals surface area contributed by atoms with E-state index in [0.29, 0.717) is 18.3 Å². The molecule has 2 rings (SSSR count). The maximum Gasteiger partial charge on any atom is 0.237 e. The zero-order chi connectivity index (χ0) is 14.5.